The van der Waals surface area contributed by atoms with Gasteiger partial charge in [-0.3, -0.25) is 4.79 Å². The number of anilines is 1. The van der Waals surface area contributed by atoms with Crippen LogP contribution in [0.5, 0.6) is 0 Å². The SMILES string of the molecule is CCOC(C)C#Cc1ccc2c(c1)CC(=O)N2. The van der Waals surface area contributed by atoms with Crippen LogP contribution in [-0.2, 0) is 16.0 Å². The number of carbonyl (C=O) groups excluding carboxylic acids is 1. The van der Waals surface area contributed by atoms with Gasteiger partial charge in [-0.15, -0.1) is 0 Å². The highest BCUT2D eigenvalue weighted by Crippen LogP contribution is 2.23. The molecule has 1 amide bonds. The van der Waals surface area contributed by atoms with E-state index in [0.29, 0.717) is 13.0 Å². The molecule has 0 saturated heterocycles. The van der Waals surface area contributed by atoms with Gasteiger partial charge in [-0.25, -0.2) is 0 Å². The number of benzene rings is 1. The van der Waals surface area contributed by atoms with Crippen molar-refractivity contribution in [2.24, 2.45) is 0 Å². The van der Waals surface area contributed by atoms with Crippen molar-refractivity contribution in [3.05, 3.63) is 29.3 Å². The Hall–Kier alpha value is -1.79. The second kappa shape index (κ2) is 5.03. The van der Waals surface area contributed by atoms with Gasteiger partial charge in [-0.05, 0) is 37.6 Å². The molecule has 1 aliphatic rings. The first kappa shape index (κ1) is 11.7. The Balaban J connectivity index is 2.13. The second-order valence-corrected chi connectivity index (χ2v) is 3.96. The lowest BCUT2D eigenvalue weighted by molar-refractivity contribution is -0.115. The number of ether oxygens (including phenoxy) is 1. The lowest BCUT2D eigenvalue weighted by Gasteiger charge is -2.02. The Labute approximate surface area is 101 Å². The third-order valence-corrected chi connectivity index (χ3v) is 2.57. The highest BCUT2D eigenvalue weighted by Gasteiger charge is 2.16. The summed E-state index contributed by atoms with van der Waals surface area (Å²) in [5.74, 6) is 6.13. The average Bonchev–Trinajstić information content (AvgIpc) is 2.66. The van der Waals surface area contributed by atoms with Gasteiger partial charge >= 0.3 is 0 Å². The molecule has 88 valence electrons. The number of nitrogens with one attached hydrogen (secondary N) is 1. The van der Waals surface area contributed by atoms with Gasteiger partial charge in [0.25, 0.3) is 0 Å². The van der Waals surface area contributed by atoms with Crippen LogP contribution in [0, 0.1) is 11.8 Å². The minimum atomic E-state index is -0.0620. The molecular weight excluding hydrogens is 214 g/mol. The summed E-state index contributed by atoms with van der Waals surface area (Å²) in [4.78, 5) is 11.2. The van der Waals surface area contributed by atoms with Gasteiger partial charge in [0.05, 0.1) is 6.42 Å². The zero-order valence-electron chi connectivity index (χ0n) is 10.0. The largest absolute Gasteiger partial charge is 0.366 e. The molecule has 0 radical (unpaired) electrons. The molecule has 1 atom stereocenters. The van der Waals surface area contributed by atoms with Crippen LogP contribution in [-0.4, -0.2) is 18.6 Å². The fourth-order valence-electron chi connectivity index (χ4n) is 1.78. The number of rotatable bonds is 2. The molecule has 0 aromatic heterocycles. The van der Waals surface area contributed by atoms with Crippen LogP contribution in [0.15, 0.2) is 18.2 Å². The highest BCUT2D eigenvalue weighted by molar-refractivity contribution is 5.99. The first-order chi connectivity index (χ1) is 8.19. The topological polar surface area (TPSA) is 38.3 Å². The van der Waals surface area contributed by atoms with Crippen LogP contribution < -0.4 is 5.32 Å². The van der Waals surface area contributed by atoms with Crippen molar-refractivity contribution in [1.82, 2.24) is 0 Å². The highest BCUT2D eigenvalue weighted by atomic mass is 16.5. The van der Waals surface area contributed by atoms with E-state index in [0.717, 1.165) is 16.8 Å². The Morgan fingerprint density at radius 2 is 2.35 bits per heavy atom. The maximum Gasteiger partial charge on any atom is 0.228 e. The van der Waals surface area contributed by atoms with E-state index in [1.165, 1.54) is 0 Å². The van der Waals surface area contributed by atoms with E-state index < -0.39 is 0 Å². The fraction of sp³-hybridized carbons (Fsp3) is 0.357. The Morgan fingerprint density at radius 1 is 1.53 bits per heavy atom. The van der Waals surface area contributed by atoms with Crippen molar-refractivity contribution in [2.45, 2.75) is 26.4 Å². The van der Waals surface area contributed by atoms with Crippen LogP contribution in [0.3, 0.4) is 0 Å². The van der Waals surface area contributed by atoms with Crippen LogP contribution in [0.1, 0.15) is 25.0 Å². The van der Waals surface area contributed by atoms with Gasteiger partial charge in [0.1, 0.15) is 6.10 Å². The van der Waals surface area contributed by atoms with E-state index in [4.69, 9.17) is 4.74 Å². The van der Waals surface area contributed by atoms with Crippen molar-refractivity contribution in [1.29, 1.82) is 0 Å². The molecule has 1 aromatic rings. The standard InChI is InChI=1S/C14H15NO2/c1-3-17-10(2)4-5-11-6-7-13-12(8-11)9-14(16)15-13/h6-8,10H,3,9H2,1-2H3,(H,15,16). The van der Waals surface area contributed by atoms with Crippen LogP contribution in [0.2, 0.25) is 0 Å². The average molecular weight is 229 g/mol. The maximum atomic E-state index is 11.2. The molecule has 0 spiro atoms. The van der Waals surface area contributed by atoms with E-state index in [9.17, 15) is 4.79 Å². The van der Waals surface area contributed by atoms with Crippen molar-refractivity contribution in [2.75, 3.05) is 11.9 Å². The normalized spacial score (nSPS) is 14.6. The van der Waals surface area contributed by atoms with Crippen molar-refractivity contribution >= 4 is 11.6 Å². The van der Waals surface area contributed by atoms with Gasteiger partial charge in [-0.1, -0.05) is 11.8 Å². The quantitative estimate of drug-likeness (QED) is 0.787. The lowest BCUT2D eigenvalue weighted by Crippen LogP contribution is -2.03. The van der Waals surface area contributed by atoms with Crippen molar-refractivity contribution < 1.29 is 9.53 Å². The molecule has 1 unspecified atom stereocenters. The molecule has 1 heterocycles. The second-order valence-electron chi connectivity index (χ2n) is 3.96. The summed E-state index contributed by atoms with van der Waals surface area (Å²) in [5.41, 5.74) is 2.84. The molecule has 0 saturated carbocycles. The zero-order valence-corrected chi connectivity index (χ0v) is 10.0. The smallest absolute Gasteiger partial charge is 0.228 e. The van der Waals surface area contributed by atoms with E-state index in [-0.39, 0.29) is 12.0 Å². The zero-order chi connectivity index (χ0) is 12.3. The molecule has 17 heavy (non-hydrogen) atoms. The van der Waals surface area contributed by atoms with Crippen molar-refractivity contribution in [3.8, 4) is 11.8 Å². The number of carbonyl (C=O) groups is 1. The predicted molar refractivity (Wildman–Crippen MR) is 66.7 cm³/mol. The van der Waals surface area contributed by atoms with Gasteiger partial charge in [0.15, 0.2) is 0 Å². The first-order valence-corrected chi connectivity index (χ1v) is 5.75. The van der Waals surface area contributed by atoms with Crippen LogP contribution in [0.25, 0.3) is 0 Å². The summed E-state index contributed by atoms with van der Waals surface area (Å²) in [7, 11) is 0. The van der Waals surface area contributed by atoms with Gasteiger partial charge < -0.3 is 10.1 Å². The van der Waals surface area contributed by atoms with Crippen molar-refractivity contribution in [3.63, 3.8) is 0 Å². The van der Waals surface area contributed by atoms with Gasteiger partial charge in [0.2, 0.25) is 5.91 Å². The predicted octanol–water partition coefficient (Wildman–Crippen LogP) is 1.96. The molecular formula is C14H15NO2. The van der Waals surface area contributed by atoms with E-state index in [2.05, 4.69) is 17.2 Å². The van der Waals surface area contributed by atoms with Crippen LogP contribution >= 0.6 is 0 Å². The summed E-state index contributed by atoms with van der Waals surface area (Å²) in [6.45, 7) is 4.54. The molecule has 2 rings (SSSR count). The number of hydrogen-bond acceptors (Lipinski definition) is 2. The van der Waals surface area contributed by atoms with Gasteiger partial charge in [0, 0.05) is 17.9 Å². The van der Waals surface area contributed by atoms with E-state index >= 15 is 0 Å². The Bertz CT molecular complexity index is 497. The Kier molecular flexibility index (Phi) is 3.46. The molecule has 0 aliphatic carbocycles. The van der Waals surface area contributed by atoms with Crippen LogP contribution in [0.4, 0.5) is 5.69 Å². The molecule has 3 nitrogen and oxygen atoms in total. The third kappa shape index (κ3) is 2.86. The number of amides is 1. The van der Waals surface area contributed by atoms with E-state index in [1.807, 2.05) is 32.0 Å². The first-order valence-electron chi connectivity index (χ1n) is 5.75. The minimum absolute atomic E-state index is 0.0489. The minimum Gasteiger partial charge on any atom is -0.366 e. The molecule has 0 fully saturated rings. The third-order valence-electron chi connectivity index (χ3n) is 2.57. The fourth-order valence-corrected chi connectivity index (χ4v) is 1.78. The summed E-state index contributed by atoms with van der Waals surface area (Å²) in [6, 6.07) is 5.77. The monoisotopic (exact) mass is 229 g/mol. The summed E-state index contributed by atoms with van der Waals surface area (Å²) in [6.07, 6.45) is 0.388. The Morgan fingerprint density at radius 3 is 3.12 bits per heavy atom. The molecule has 0 bridgehead atoms. The molecule has 1 N–H and O–H groups in total. The summed E-state index contributed by atoms with van der Waals surface area (Å²) >= 11 is 0. The van der Waals surface area contributed by atoms with Gasteiger partial charge in [-0.2, -0.15) is 0 Å². The number of hydrogen-bond donors (Lipinski definition) is 1. The molecule has 1 aromatic carbocycles. The molecule has 3 heteroatoms. The van der Waals surface area contributed by atoms with E-state index in [1.54, 1.807) is 0 Å². The summed E-state index contributed by atoms with van der Waals surface area (Å²) < 4.78 is 5.33. The summed E-state index contributed by atoms with van der Waals surface area (Å²) in [5, 5.41) is 2.80. The maximum absolute atomic E-state index is 11.2. The lowest BCUT2D eigenvalue weighted by atomic mass is 10.1. The number of fused-ring (bicyclic) bond motifs is 1. The molecule has 1 aliphatic heterocycles.